The topological polar surface area (TPSA) is 41.6 Å². The maximum absolute atomic E-state index is 12.7. The zero-order valence-electron chi connectivity index (χ0n) is 14.8. The lowest BCUT2D eigenvalue weighted by Gasteiger charge is -2.53. The Kier molecular flexibility index (Phi) is 3.03. The Balaban J connectivity index is 1.83. The number of anilines is 1. The van der Waals surface area contributed by atoms with Crippen LogP contribution in [0.5, 0.6) is 0 Å². The second-order valence-electron chi connectivity index (χ2n) is 7.80. The van der Waals surface area contributed by atoms with Gasteiger partial charge in [0, 0.05) is 35.9 Å². The van der Waals surface area contributed by atoms with Gasteiger partial charge < -0.3 is 10.1 Å². The largest absolute Gasteiger partial charge is 0.466 e. The Morgan fingerprint density at radius 2 is 2.24 bits per heavy atom. The molecule has 1 N–H and O–H groups in total. The molecule has 1 fully saturated rings. The van der Waals surface area contributed by atoms with Crippen LogP contribution in [-0.2, 0) is 14.9 Å². The Labute approximate surface area is 148 Å². The lowest BCUT2D eigenvalue weighted by molar-refractivity contribution is -0.137. The fourth-order valence-electron chi connectivity index (χ4n) is 6.02. The Hall–Kier alpha value is -2.07. The van der Waals surface area contributed by atoms with Gasteiger partial charge in [-0.05, 0) is 30.9 Å². The summed E-state index contributed by atoms with van der Waals surface area (Å²) >= 11 is 0. The average molecular weight is 336 g/mol. The summed E-state index contributed by atoms with van der Waals surface area (Å²) < 4.78 is 5.19. The van der Waals surface area contributed by atoms with Crippen LogP contribution < -0.4 is 5.32 Å². The summed E-state index contributed by atoms with van der Waals surface area (Å²) in [4.78, 5) is 15.3. The minimum Gasteiger partial charge on any atom is -0.466 e. The van der Waals surface area contributed by atoms with Gasteiger partial charge in [0.15, 0.2) is 0 Å². The molecule has 0 unspecified atom stereocenters. The molecule has 0 saturated carbocycles. The number of rotatable bonds is 2. The fraction of sp³-hybridized carbons (Fsp3) is 0.476. The molecule has 3 heterocycles. The minimum absolute atomic E-state index is 0.000898. The number of hydrogen-bond acceptors (Lipinski definition) is 4. The normalized spacial score (nSPS) is 35.0. The number of benzene rings is 1. The third-order valence-electron chi connectivity index (χ3n) is 6.97. The Morgan fingerprint density at radius 3 is 3.04 bits per heavy atom. The number of carbonyl (C=O) groups excluding carboxylic acids is 1. The van der Waals surface area contributed by atoms with E-state index in [1.54, 1.807) is 0 Å². The summed E-state index contributed by atoms with van der Waals surface area (Å²) in [6.07, 6.45) is 7.53. The number of esters is 1. The van der Waals surface area contributed by atoms with Crippen molar-refractivity contribution in [2.75, 3.05) is 25.5 Å². The van der Waals surface area contributed by atoms with Gasteiger partial charge in [-0.2, -0.15) is 0 Å². The summed E-state index contributed by atoms with van der Waals surface area (Å²) in [5.41, 5.74) is 4.34. The lowest BCUT2D eigenvalue weighted by Crippen LogP contribution is -2.58. The van der Waals surface area contributed by atoms with E-state index < -0.39 is 0 Å². The first-order valence-corrected chi connectivity index (χ1v) is 9.26. The molecule has 0 aromatic heterocycles. The molecule has 3 aliphatic heterocycles. The Bertz CT molecular complexity index is 827. The molecule has 5 rings (SSSR count). The smallest absolute Gasteiger partial charge is 0.335 e. The van der Waals surface area contributed by atoms with E-state index in [1.807, 2.05) is 0 Å². The van der Waals surface area contributed by atoms with Crippen molar-refractivity contribution in [2.24, 2.45) is 5.41 Å². The number of para-hydroxylation sites is 1. The van der Waals surface area contributed by atoms with Crippen LogP contribution in [0.3, 0.4) is 0 Å². The SMILES string of the molecule is CC[C@]12C=CCN3CC[C@@]4(C(=C(C(=O)OC)C1)Nc1ccccc14)[C@H]32. The van der Waals surface area contributed by atoms with E-state index in [9.17, 15) is 4.79 Å². The molecule has 4 nitrogen and oxygen atoms in total. The standard InChI is InChI=1S/C21H24N2O2/c1-3-20-9-6-11-23-12-10-21(19(20)23)15-7-4-5-8-16(15)22-17(21)14(13-20)18(24)25-2/h4-9,19,22H,3,10-13H2,1-2H3/t19-,20+,21-/m1/s1. The molecule has 130 valence electrons. The van der Waals surface area contributed by atoms with Crippen molar-refractivity contribution in [1.82, 2.24) is 4.90 Å². The molecular formula is C21H24N2O2. The number of nitrogens with one attached hydrogen (secondary N) is 1. The molecule has 0 bridgehead atoms. The summed E-state index contributed by atoms with van der Waals surface area (Å²) in [5.74, 6) is -0.182. The molecule has 1 aromatic rings. The van der Waals surface area contributed by atoms with E-state index >= 15 is 0 Å². The zero-order chi connectivity index (χ0) is 17.2. The van der Waals surface area contributed by atoms with Crippen LogP contribution in [0.25, 0.3) is 0 Å². The number of ether oxygens (including phenoxy) is 1. The molecule has 0 amide bonds. The van der Waals surface area contributed by atoms with Crippen molar-refractivity contribution >= 4 is 11.7 Å². The number of fused-ring (bicyclic) bond motifs is 1. The maximum atomic E-state index is 12.7. The second kappa shape index (κ2) is 4.98. The predicted octanol–water partition coefficient (Wildman–Crippen LogP) is 3.22. The third-order valence-corrected chi connectivity index (χ3v) is 6.97. The van der Waals surface area contributed by atoms with Crippen molar-refractivity contribution < 1.29 is 9.53 Å². The van der Waals surface area contributed by atoms with Crippen molar-refractivity contribution in [1.29, 1.82) is 0 Å². The molecule has 1 aromatic carbocycles. The number of nitrogens with zero attached hydrogens (tertiary/aromatic N) is 1. The first-order chi connectivity index (χ1) is 12.2. The van der Waals surface area contributed by atoms with Gasteiger partial charge in [-0.15, -0.1) is 0 Å². The van der Waals surface area contributed by atoms with Crippen molar-refractivity contribution in [3.63, 3.8) is 0 Å². The second-order valence-corrected chi connectivity index (χ2v) is 7.80. The first kappa shape index (κ1) is 15.2. The fourth-order valence-corrected chi connectivity index (χ4v) is 6.02. The maximum Gasteiger partial charge on any atom is 0.335 e. The van der Waals surface area contributed by atoms with E-state index in [0.717, 1.165) is 49.3 Å². The van der Waals surface area contributed by atoms with Crippen molar-refractivity contribution in [2.45, 2.75) is 37.6 Å². The summed E-state index contributed by atoms with van der Waals surface area (Å²) in [5, 5.41) is 3.62. The highest BCUT2D eigenvalue weighted by Crippen LogP contribution is 2.64. The highest BCUT2D eigenvalue weighted by Gasteiger charge is 2.65. The van der Waals surface area contributed by atoms with Gasteiger partial charge in [-0.1, -0.05) is 37.3 Å². The van der Waals surface area contributed by atoms with E-state index in [2.05, 4.69) is 53.6 Å². The minimum atomic E-state index is -0.182. The highest BCUT2D eigenvalue weighted by atomic mass is 16.5. The van der Waals surface area contributed by atoms with Gasteiger partial charge in [0.05, 0.1) is 18.1 Å². The molecule has 1 saturated heterocycles. The zero-order valence-corrected chi connectivity index (χ0v) is 14.8. The Morgan fingerprint density at radius 1 is 1.40 bits per heavy atom. The summed E-state index contributed by atoms with van der Waals surface area (Å²) in [7, 11) is 1.49. The average Bonchev–Trinajstić information content (AvgIpc) is 3.21. The van der Waals surface area contributed by atoms with Gasteiger partial charge in [0.1, 0.15) is 0 Å². The lowest BCUT2D eigenvalue weighted by atomic mass is 9.55. The van der Waals surface area contributed by atoms with Crippen LogP contribution in [0.2, 0.25) is 0 Å². The van der Waals surface area contributed by atoms with E-state index in [0.29, 0.717) is 6.04 Å². The van der Waals surface area contributed by atoms with Crippen LogP contribution in [0, 0.1) is 5.41 Å². The van der Waals surface area contributed by atoms with E-state index in [-0.39, 0.29) is 16.8 Å². The van der Waals surface area contributed by atoms with Crippen LogP contribution >= 0.6 is 0 Å². The molecule has 0 radical (unpaired) electrons. The molecule has 25 heavy (non-hydrogen) atoms. The van der Waals surface area contributed by atoms with Crippen LogP contribution in [0.4, 0.5) is 5.69 Å². The first-order valence-electron chi connectivity index (χ1n) is 9.26. The highest BCUT2D eigenvalue weighted by molar-refractivity contribution is 5.93. The predicted molar refractivity (Wildman–Crippen MR) is 97.2 cm³/mol. The van der Waals surface area contributed by atoms with Gasteiger partial charge >= 0.3 is 5.97 Å². The van der Waals surface area contributed by atoms with Gasteiger partial charge in [-0.25, -0.2) is 4.79 Å². The molecule has 3 atom stereocenters. The van der Waals surface area contributed by atoms with Crippen LogP contribution in [0.15, 0.2) is 47.7 Å². The van der Waals surface area contributed by atoms with Crippen LogP contribution in [0.1, 0.15) is 31.7 Å². The molecular weight excluding hydrogens is 312 g/mol. The molecule has 4 heteroatoms. The molecule has 1 aliphatic carbocycles. The summed E-state index contributed by atoms with van der Waals surface area (Å²) in [6, 6.07) is 8.99. The monoisotopic (exact) mass is 336 g/mol. The number of carbonyl (C=O) groups is 1. The van der Waals surface area contributed by atoms with Gasteiger partial charge in [0.25, 0.3) is 0 Å². The van der Waals surface area contributed by atoms with E-state index in [4.69, 9.17) is 4.74 Å². The molecule has 1 spiro atoms. The summed E-state index contributed by atoms with van der Waals surface area (Å²) in [6.45, 7) is 4.34. The third kappa shape index (κ3) is 1.68. The van der Waals surface area contributed by atoms with Gasteiger partial charge in [-0.3, -0.25) is 4.90 Å². The van der Waals surface area contributed by atoms with E-state index in [1.165, 1.54) is 12.7 Å². The number of methoxy groups -OCH3 is 1. The van der Waals surface area contributed by atoms with Crippen molar-refractivity contribution in [3.05, 3.63) is 53.3 Å². The molecule has 4 aliphatic rings. The quantitative estimate of drug-likeness (QED) is 0.665. The van der Waals surface area contributed by atoms with Gasteiger partial charge in [0.2, 0.25) is 0 Å². The number of hydrogen-bond donors (Lipinski definition) is 1. The van der Waals surface area contributed by atoms with Crippen LogP contribution in [-0.4, -0.2) is 37.1 Å². The van der Waals surface area contributed by atoms with Crippen molar-refractivity contribution in [3.8, 4) is 0 Å².